The normalized spacial score (nSPS) is 10.2. The smallest absolute Gasteiger partial charge is 0.339 e. The minimum absolute atomic E-state index is 0.224. The van der Waals surface area contributed by atoms with E-state index in [2.05, 4.69) is 0 Å². The summed E-state index contributed by atoms with van der Waals surface area (Å²) in [4.78, 5) is 12.9. The molecule has 98 valence electrons. The van der Waals surface area contributed by atoms with Crippen LogP contribution in [0.3, 0.4) is 0 Å². The van der Waals surface area contributed by atoms with Gasteiger partial charge in [-0.25, -0.2) is 4.79 Å². The Hall–Kier alpha value is -1.45. The predicted molar refractivity (Wildman–Crippen MR) is 78.8 cm³/mol. The number of carbonyl (C=O) groups is 1. The average molecular weight is 293 g/mol. The fraction of sp³-hybridized carbons (Fsp3) is 0.133. The standard InChI is InChI=1S/C15H13ClO2S/c1-19-14-8-3-2-7-13(14)15(17)18-10-11-5-4-6-12(16)9-11/h2-9H,10H2,1H3. The van der Waals surface area contributed by atoms with Crippen LogP contribution >= 0.6 is 23.4 Å². The predicted octanol–water partition coefficient (Wildman–Crippen LogP) is 4.42. The van der Waals surface area contributed by atoms with Crippen molar-refractivity contribution < 1.29 is 9.53 Å². The zero-order chi connectivity index (χ0) is 13.7. The Balaban J connectivity index is 2.05. The summed E-state index contributed by atoms with van der Waals surface area (Å²) < 4.78 is 5.30. The van der Waals surface area contributed by atoms with Crippen molar-refractivity contribution >= 4 is 29.3 Å². The second-order valence-corrected chi connectivity index (χ2v) is 5.19. The maximum Gasteiger partial charge on any atom is 0.339 e. The molecule has 0 atom stereocenters. The lowest BCUT2D eigenvalue weighted by Crippen LogP contribution is -2.06. The van der Waals surface area contributed by atoms with Gasteiger partial charge in [-0.15, -0.1) is 11.8 Å². The first kappa shape index (κ1) is 14.0. The highest BCUT2D eigenvalue weighted by Gasteiger charge is 2.11. The largest absolute Gasteiger partial charge is 0.457 e. The second kappa shape index (κ2) is 6.64. The zero-order valence-corrected chi connectivity index (χ0v) is 12.0. The van der Waals surface area contributed by atoms with E-state index in [9.17, 15) is 4.79 Å². The molecule has 2 aromatic rings. The molecule has 0 aromatic heterocycles. The molecule has 0 aliphatic rings. The molecule has 0 aliphatic heterocycles. The molecule has 0 unspecified atom stereocenters. The number of thioether (sulfide) groups is 1. The van der Waals surface area contributed by atoms with Crippen molar-refractivity contribution in [1.82, 2.24) is 0 Å². The van der Waals surface area contributed by atoms with Crippen LogP contribution in [0.15, 0.2) is 53.4 Å². The van der Waals surface area contributed by atoms with Gasteiger partial charge in [-0.05, 0) is 36.1 Å². The van der Waals surface area contributed by atoms with Gasteiger partial charge in [0, 0.05) is 9.92 Å². The molecular formula is C15H13ClO2S. The Bertz CT molecular complexity index is 584. The number of rotatable bonds is 4. The fourth-order valence-corrected chi connectivity index (χ4v) is 2.47. The highest BCUT2D eigenvalue weighted by atomic mass is 35.5. The minimum Gasteiger partial charge on any atom is -0.457 e. The minimum atomic E-state index is -0.315. The van der Waals surface area contributed by atoms with Crippen LogP contribution in [0.25, 0.3) is 0 Å². The van der Waals surface area contributed by atoms with Gasteiger partial charge in [0.1, 0.15) is 6.61 Å². The molecule has 0 bridgehead atoms. The van der Waals surface area contributed by atoms with Gasteiger partial charge < -0.3 is 4.74 Å². The monoisotopic (exact) mass is 292 g/mol. The Labute approximate surface area is 121 Å². The number of hydrogen-bond donors (Lipinski definition) is 0. The lowest BCUT2D eigenvalue weighted by molar-refractivity contribution is 0.0468. The number of hydrogen-bond acceptors (Lipinski definition) is 3. The van der Waals surface area contributed by atoms with E-state index in [0.717, 1.165) is 10.5 Å². The molecule has 0 radical (unpaired) electrons. The molecule has 2 aromatic carbocycles. The highest BCUT2D eigenvalue weighted by molar-refractivity contribution is 7.98. The maximum atomic E-state index is 12.0. The van der Waals surface area contributed by atoms with E-state index in [0.29, 0.717) is 10.6 Å². The van der Waals surface area contributed by atoms with E-state index >= 15 is 0 Å². The molecule has 0 amide bonds. The average Bonchev–Trinajstić information content (AvgIpc) is 2.45. The van der Waals surface area contributed by atoms with Crippen molar-refractivity contribution in [3.8, 4) is 0 Å². The van der Waals surface area contributed by atoms with E-state index in [1.165, 1.54) is 11.8 Å². The third-order valence-corrected chi connectivity index (χ3v) is 3.62. The summed E-state index contributed by atoms with van der Waals surface area (Å²) in [6.07, 6.45) is 1.93. The van der Waals surface area contributed by atoms with Crippen molar-refractivity contribution in [1.29, 1.82) is 0 Å². The Morgan fingerprint density at radius 1 is 1.21 bits per heavy atom. The summed E-state index contributed by atoms with van der Waals surface area (Å²) >= 11 is 7.41. The van der Waals surface area contributed by atoms with Gasteiger partial charge in [-0.1, -0.05) is 35.9 Å². The van der Waals surface area contributed by atoms with Gasteiger partial charge in [-0.3, -0.25) is 0 Å². The topological polar surface area (TPSA) is 26.3 Å². The first-order valence-electron chi connectivity index (χ1n) is 5.75. The van der Waals surface area contributed by atoms with Gasteiger partial charge in [0.05, 0.1) is 5.56 Å². The molecule has 0 fully saturated rings. The van der Waals surface area contributed by atoms with Gasteiger partial charge in [0.25, 0.3) is 0 Å². The number of halogens is 1. The van der Waals surface area contributed by atoms with E-state index in [1.807, 2.05) is 36.6 Å². The molecule has 0 saturated heterocycles. The fourth-order valence-electron chi connectivity index (χ4n) is 1.67. The van der Waals surface area contributed by atoms with E-state index in [4.69, 9.17) is 16.3 Å². The number of ether oxygens (including phenoxy) is 1. The summed E-state index contributed by atoms with van der Waals surface area (Å²) in [5.41, 5.74) is 1.47. The van der Waals surface area contributed by atoms with Gasteiger partial charge in [0.15, 0.2) is 0 Å². The maximum absolute atomic E-state index is 12.0. The second-order valence-electron chi connectivity index (χ2n) is 3.91. The van der Waals surface area contributed by atoms with E-state index in [1.54, 1.807) is 18.2 Å². The van der Waals surface area contributed by atoms with Crippen LogP contribution < -0.4 is 0 Å². The van der Waals surface area contributed by atoms with E-state index < -0.39 is 0 Å². The van der Waals surface area contributed by atoms with Crippen LogP contribution in [-0.4, -0.2) is 12.2 Å². The summed E-state index contributed by atoms with van der Waals surface area (Å²) in [5, 5.41) is 0.637. The van der Waals surface area contributed by atoms with Crippen LogP contribution in [0.5, 0.6) is 0 Å². The molecule has 0 saturated carbocycles. The van der Waals surface area contributed by atoms with Crippen molar-refractivity contribution in [3.63, 3.8) is 0 Å². The summed E-state index contributed by atoms with van der Waals surface area (Å²) in [5.74, 6) is -0.315. The Kier molecular flexibility index (Phi) is 4.88. The molecular weight excluding hydrogens is 280 g/mol. The first-order valence-corrected chi connectivity index (χ1v) is 7.35. The van der Waals surface area contributed by atoms with Gasteiger partial charge in [0.2, 0.25) is 0 Å². The molecule has 2 rings (SSSR count). The molecule has 0 N–H and O–H groups in total. The Morgan fingerprint density at radius 2 is 2.00 bits per heavy atom. The van der Waals surface area contributed by atoms with Crippen molar-refractivity contribution in [2.24, 2.45) is 0 Å². The number of esters is 1. The summed E-state index contributed by atoms with van der Waals surface area (Å²) in [7, 11) is 0. The lowest BCUT2D eigenvalue weighted by Gasteiger charge is -2.08. The third-order valence-electron chi connectivity index (χ3n) is 2.59. The van der Waals surface area contributed by atoms with Crippen molar-refractivity contribution in [2.75, 3.05) is 6.26 Å². The summed E-state index contributed by atoms with van der Waals surface area (Å²) in [6.45, 7) is 0.224. The van der Waals surface area contributed by atoms with Crippen LogP contribution in [0.4, 0.5) is 0 Å². The Morgan fingerprint density at radius 3 is 2.74 bits per heavy atom. The molecule has 19 heavy (non-hydrogen) atoms. The highest BCUT2D eigenvalue weighted by Crippen LogP contribution is 2.21. The summed E-state index contributed by atoms with van der Waals surface area (Å²) in [6, 6.07) is 14.7. The SMILES string of the molecule is CSc1ccccc1C(=O)OCc1cccc(Cl)c1. The lowest BCUT2D eigenvalue weighted by atomic mass is 10.2. The molecule has 0 aliphatic carbocycles. The van der Waals surface area contributed by atoms with E-state index in [-0.39, 0.29) is 12.6 Å². The molecule has 0 heterocycles. The van der Waals surface area contributed by atoms with Crippen LogP contribution in [0, 0.1) is 0 Å². The molecule has 0 spiro atoms. The quantitative estimate of drug-likeness (QED) is 0.616. The van der Waals surface area contributed by atoms with Crippen LogP contribution in [0.1, 0.15) is 15.9 Å². The zero-order valence-electron chi connectivity index (χ0n) is 10.4. The third kappa shape index (κ3) is 3.75. The molecule has 4 heteroatoms. The molecule has 2 nitrogen and oxygen atoms in total. The van der Waals surface area contributed by atoms with Gasteiger partial charge >= 0.3 is 5.97 Å². The van der Waals surface area contributed by atoms with Crippen LogP contribution in [0.2, 0.25) is 5.02 Å². The van der Waals surface area contributed by atoms with Gasteiger partial charge in [-0.2, -0.15) is 0 Å². The van der Waals surface area contributed by atoms with Crippen molar-refractivity contribution in [2.45, 2.75) is 11.5 Å². The number of benzene rings is 2. The number of carbonyl (C=O) groups excluding carboxylic acids is 1. The van der Waals surface area contributed by atoms with Crippen LogP contribution in [-0.2, 0) is 11.3 Å². The van der Waals surface area contributed by atoms with Crippen molar-refractivity contribution in [3.05, 3.63) is 64.7 Å². The first-order chi connectivity index (χ1) is 9.20.